The van der Waals surface area contributed by atoms with E-state index in [-0.39, 0.29) is 11.9 Å². The predicted molar refractivity (Wildman–Crippen MR) is 80.5 cm³/mol. The lowest BCUT2D eigenvalue weighted by Gasteiger charge is -2.24. The van der Waals surface area contributed by atoms with Crippen molar-refractivity contribution in [1.82, 2.24) is 14.5 Å². The van der Waals surface area contributed by atoms with Gasteiger partial charge in [-0.15, -0.1) is 0 Å². The molecule has 2 aliphatic heterocycles. The molecule has 0 spiro atoms. The first-order valence-corrected chi connectivity index (χ1v) is 8.06. The molecule has 21 heavy (non-hydrogen) atoms. The van der Waals surface area contributed by atoms with Gasteiger partial charge >= 0.3 is 5.97 Å². The number of hydrogen-bond acceptors (Lipinski definition) is 4. The van der Waals surface area contributed by atoms with Crippen LogP contribution in [0.4, 0.5) is 0 Å². The fraction of sp³-hybridized carbons (Fsp3) is 0.733. The second kappa shape index (κ2) is 5.97. The van der Waals surface area contributed by atoms with Gasteiger partial charge in [0.15, 0.2) is 5.15 Å². The molecular weight excluding hydrogens is 290 g/mol. The lowest BCUT2D eigenvalue weighted by atomic mass is 9.96. The van der Waals surface area contributed by atoms with E-state index in [0.717, 1.165) is 50.5 Å². The van der Waals surface area contributed by atoms with Gasteiger partial charge in [-0.3, -0.25) is 4.79 Å². The van der Waals surface area contributed by atoms with Crippen LogP contribution < -0.4 is 0 Å². The number of rotatable bonds is 3. The number of halogens is 1. The van der Waals surface area contributed by atoms with Gasteiger partial charge in [0.1, 0.15) is 5.82 Å². The van der Waals surface area contributed by atoms with E-state index in [0.29, 0.717) is 17.5 Å². The largest absolute Gasteiger partial charge is 0.469 e. The van der Waals surface area contributed by atoms with E-state index in [4.69, 9.17) is 16.3 Å². The number of fused-ring (bicyclic) bond motifs is 1. The van der Waals surface area contributed by atoms with Crippen LogP contribution in [0.25, 0.3) is 0 Å². The van der Waals surface area contributed by atoms with E-state index in [2.05, 4.69) is 21.4 Å². The van der Waals surface area contributed by atoms with E-state index < -0.39 is 0 Å². The summed E-state index contributed by atoms with van der Waals surface area (Å²) in [5.74, 6) is 1.35. The van der Waals surface area contributed by atoms with Crippen molar-refractivity contribution in [3.63, 3.8) is 0 Å². The van der Waals surface area contributed by atoms with Crippen LogP contribution in [-0.2, 0) is 22.5 Å². The van der Waals surface area contributed by atoms with Crippen molar-refractivity contribution in [2.24, 2.45) is 5.92 Å². The zero-order valence-corrected chi connectivity index (χ0v) is 13.4. The summed E-state index contributed by atoms with van der Waals surface area (Å²) in [5.41, 5.74) is 1.00. The fourth-order valence-corrected chi connectivity index (χ4v) is 3.82. The standard InChI is InChI=1S/C15H22ClN3O2/c1-3-18-6-4-11(9-18)14-17-13(16)12-8-10(15(20)21-2)5-7-19(12)14/h10-11H,3-9H2,1-2H3. The Morgan fingerprint density at radius 3 is 2.90 bits per heavy atom. The summed E-state index contributed by atoms with van der Waals surface area (Å²) in [7, 11) is 1.44. The molecule has 1 aromatic rings. The normalized spacial score (nSPS) is 25.9. The molecule has 2 aliphatic rings. The maximum atomic E-state index is 11.7. The van der Waals surface area contributed by atoms with E-state index in [1.165, 1.54) is 7.11 Å². The molecule has 1 fully saturated rings. The van der Waals surface area contributed by atoms with Gasteiger partial charge in [-0.1, -0.05) is 18.5 Å². The van der Waals surface area contributed by atoms with Crippen molar-refractivity contribution in [3.8, 4) is 0 Å². The molecule has 1 saturated heterocycles. The van der Waals surface area contributed by atoms with Crippen LogP contribution in [0.3, 0.4) is 0 Å². The average Bonchev–Trinajstić information content (AvgIpc) is 3.11. The summed E-state index contributed by atoms with van der Waals surface area (Å²) in [5, 5.41) is 0.563. The number of aromatic nitrogens is 2. The summed E-state index contributed by atoms with van der Waals surface area (Å²) in [4.78, 5) is 18.8. The van der Waals surface area contributed by atoms with Gasteiger partial charge in [0.2, 0.25) is 0 Å². The van der Waals surface area contributed by atoms with Crippen molar-refractivity contribution in [2.45, 2.75) is 38.6 Å². The number of esters is 1. The van der Waals surface area contributed by atoms with E-state index in [9.17, 15) is 4.79 Å². The van der Waals surface area contributed by atoms with Gasteiger partial charge in [-0.2, -0.15) is 0 Å². The number of carbonyl (C=O) groups is 1. The molecule has 0 aromatic carbocycles. The minimum atomic E-state index is -0.141. The van der Waals surface area contributed by atoms with Crippen molar-refractivity contribution >= 4 is 17.6 Å². The van der Waals surface area contributed by atoms with Crippen LogP contribution in [0.2, 0.25) is 5.15 Å². The minimum absolute atomic E-state index is 0.0831. The Labute approximate surface area is 130 Å². The molecule has 0 radical (unpaired) electrons. The van der Waals surface area contributed by atoms with Gasteiger partial charge in [-0.05, 0) is 25.9 Å². The SMILES string of the molecule is CCN1CCC(c2nc(Cl)c3n2CCC(C(=O)OC)C3)C1. The molecule has 3 rings (SSSR count). The highest BCUT2D eigenvalue weighted by Gasteiger charge is 2.33. The molecule has 0 bridgehead atoms. The molecule has 5 nitrogen and oxygen atoms in total. The maximum Gasteiger partial charge on any atom is 0.309 e. The van der Waals surface area contributed by atoms with Crippen LogP contribution >= 0.6 is 11.6 Å². The molecule has 116 valence electrons. The number of ether oxygens (including phenoxy) is 1. The highest BCUT2D eigenvalue weighted by Crippen LogP contribution is 2.34. The van der Waals surface area contributed by atoms with Gasteiger partial charge in [-0.25, -0.2) is 4.98 Å². The second-order valence-electron chi connectivity index (χ2n) is 5.95. The van der Waals surface area contributed by atoms with Crippen LogP contribution in [0.15, 0.2) is 0 Å². The lowest BCUT2D eigenvalue weighted by molar-refractivity contribution is -0.146. The molecule has 3 heterocycles. The van der Waals surface area contributed by atoms with Crippen LogP contribution in [0.5, 0.6) is 0 Å². The third-order valence-electron chi connectivity index (χ3n) is 4.81. The maximum absolute atomic E-state index is 11.7. The van der Waals surface area contributed by atoms with Crippen molar-refractivity contribution in [2.75, 3.05) is 26.7 Å². The monoisotopic (exact) mass is 311 g/mol. The number of hydrogen-bond donors (Lipinski definition) is 0. The highest BCUT2D eigenvalue weighted by molar-refractivity contribution is 6.30. The van der Waals surface area contributed by atoms with Gasteiger partial charge < -0.3 is 14.2 Å². The molecule has 0 amide bonds. The molecule has 0 saturated carbocycles. The van der Waals surface area contributed by atoms with E-state index >= 15 is 0 Å². The molecular formula is C15H22ClN3O2. The minimum Gasteiger partial charge on any atom is -0.469 e. The van der Waals surface area contributed by atoms with Gasteiger partial charge in [0.05, 0.1) is 18.7 Å². The number of nitrogens with zero attached hydrogens (tertiary/aromatic N) is 3. The molecule has 1 aromatic heterocycles. The molecule has 0 aliphatic carbocycles. The van der Waals surface area contributed by atoms with E-state index in [1.54, 1.807) is 0 Å². The third-order valence-corrected chi connectivity index (χ3v) is 5.12. The van der Waals surface area contributed by atoms with Crippen LogP contribution in [-0.4, -0.2) is 47.2 Å². The zero-order valence-electron chi connectivity index (χ0n) is 12.6. The van der Waals surface area contributed by atoms with Crippen LogP contribution in [0.1, 0.15) is 37.2 Å². The van der Waals surface area contributed by atoms with Crippen molar-refractivity contribution < 1.29 is 9.53 Å². The smallest absolute Gasteiger partial charge is 0.309 e. The first kappa shape index (κ1) is 14.9. The summed E-state index contributed by atoms with van der Waals surface area (Å²) in [6.07, 6.45) is 2.59. The summed E-state index contributed by atoms with van der Waals surface area (Å²) >= 11 is 6.33. The Bertz CT molecular complexity index is 543. The molecule has 2 atom stereocenters. The quantitative estimate of drug-likeness (QED) is 0.802. The second-order valence-corrected chi connectivity index (χ2v) is 6.31. The summed E-state index contributed by atoms with van der Waals surface area (Å²) < 4.78 is 7.10. The third kappa shape index (κ3) is 2.69. The van der Waals surface area contributed by atoms with E-state index in [1.807, 2.05) is 0 Å². The Morgan fingerprint density at radius 2 is 2.24 bits per heavy atom. The fourth-order valence-electron chi connectivity index (χ4n) is 3.55. The lowest BCUT2D eigenvalue weighted by Crippen LogP contribution is -2.28. The zero-order chi connectivity index (χ0) is 15.0. The average molecular weight is 312 g/mol. The number of methoxy groups -OCH3 is 1. The van der Waals surface area contributed by atoms with Gasteiger partial charge in [0.25, 0.3) is 0 Å². The Kier molecular flexibility index (Phi) is 4.22. The van der Waals surface area contributed by atoms with Crippen LogP contribution in [0, 0.1) is 5.92 Å². The summed E-state index contributed by atoms with van der Waals surface area (Å²) in [6.45, 7) is 6.28. The Balaban J connectivity index is 1.82. The number of imidazole rings is 1. The number of carbonyl (C=O) groups excluding carboxylic acids is 1. The Hall–Kier alpha value is -1.07. The highest BCUT2D eigenvalue weighted by atomic mass is 35.5. The first-order valence-electron chi connectivity index (χ1n) is 7.69. The number of likely N-dealkylation sites (tertiary alicyclic amines) is 1. The molecule has 6 heteroatoms. The van der Waals surface area contributed by atoms with Crippen molar-refractivity contribution in [3.05, 3.63) is 16.7 Å². The summed E-state index contributed by atoms with van der Waals surface area (Å²) in [6, 6.07) is 0. The Morgan fingerprint density at radius 1 is 1.43 bits per heavy atom. The van der Waals surface area contributed by atoms with Gasteiger partial charge in [0, 0.05) is 25.4 Å². The molecule has 2 unspecified atom stereocenters. The van der Waals surface area contributed by atoms with Crippen molar-refractivity contribution in [1.29, 1.82) is 0 Å². The predicted octanol–water partition coefficient (Wildman–Crippen LogP) is 2.08. The molecule has 0 N–H and O–H groups in total. The first-order chi connectivity index (χ1) is 10.1. The topological polar surface area (TPSA) is 47.4 Å². The number of likely N-dealkylation sites (N-methyl/N-ethyl adjacent to an activating group) is 1.